The van der Waals surface area contributed by atoms with E-state index in [4.69, 9.17) is 14.2 Å². The van der Waals surface area contributed by atoms with Crippen molar-refractivity contribution in [2.45, 2.75) is 18.5 Å². The van der Waals surface area contributed by atoms with Crippen molar-refractivity contribution in [1.29, 1.82) is 0 Å². The molecule has 0 radical (unpaired) electrons. The minimum absolute atomic E-state index is 0.0360. The van der Waals surface area contributed by atoms with Crippen LogP contribution in [-0.4, -0.2) is 44.7 Å². The largest absolute Gasteiger partial charge is 0.497 e. The Bertz CT molecular complexity index is 1470. The molecule has 0 N–H and O–H groups in total. The zero-order chi connectivity index (χ0) is 26.9. The molecule has 0 aromatic heterocycles. The van der Waals surface area contributed by atoms with Crippen molar-refractivity contribution in [2.75, 3.05) is 32.8 Å². The number of anilines is 2. The lowest BCUT2D eigenvalue weighted by Gasteiger charge is -2.43. The van der Waals surface area contributed by atoms with Gasteiger partial charge >= 0.3 is 0 Å². The number of carbonyl (C=O) groups excluding carboxylic acids is 1. The van der Waals surface area contributed by atoms with Crippen LogP contribution in [0.4, 0.5) is 11.4 Å². The summed E-state index contributed by atoms with van der Waals surface area (Å²) in [6, 6.07) is 32.8. The van der Waals surface area contributed by atoms with E-state index in [9.17, 15) is 4.79 Å². The molecule has 4 aromatic carbocycles. The quantitative estimate of drug-likeness (QED) is 0.298. The number of methoxy groups -OCH3 is 3. The van der Waals surface area contributed by atoms with Crippen LogP contribution in [-0.2, 0) is 11.3 Å². The second-order valence-corrected chi connectivity index (χ2v) is 10.0. The maximum absolute atomic E-state index is 14.4. The number of likely N-dealkylation sites (tertiary alicyclic amines) is 1. The van der Waals surface area contributed by atoms with Gasteiger partial charge in [0.1, 0.15) is 17.2 Å². The summed E-state index contributed by atoms with van der Waals surface area (Å²) in [5.74, 6) is 2.06. The van der Waals surface area contributed by atoms with Crippen molar-refractivity contribution >= 4 is 17.3 Å². The number of rotatable bonds is 7. The first-order valence-electron chi connectivity index (χ1n) is 13.2. The molecule has 0 spiro atoms. The van der Waals surface area contributed by atoms with Crippen molar-refractivity contribution < 1.29 is 19.0 Å². The van der Waals surface area contributed by atoms with Gasteiger partial charge in [0.15, 0.2) is 0 Å². The monoisotopic (exact) mass is 520 g/mol. The van der Waals surface area contributed by atoms with E-state index < -0.39 is 0 Å². The minimum Gasteiger partial charge on any atom is -0.497 e. The molecule has 6 heteroatoms. The van der Waals surface area contributed by atoms with E-state index in [-0.39, 0.29) is 23.8 Å². The number of hydrogen-bond donors (Lipinski definition) is 0. The first-order chi connectivity index (χ1) is 19.1. The first kappa shape index (κ1) is 24.9. The van der Waals surface area contributed by atoms with Crippen LogP contribution in [0.25, 0.3) is 0 Å². The zero-order valence-electron chi connectivity index (χ0n) is 22.4. The number of hydrogen-bond acceptors (Lipinski definition) is 5. The summed E-state index contributed by atoms with van der Waals surface area (Å²) in [4.78, 5) is 18.7. The Morgan fingerprint density at radius 1 is 0.769 bits per heavy atom. The van der Waals surface area contributed by atoms with Crippen molar-refractivity contribution in [2.24, 2.45) is 5.92 Å². The molecule has 1 fully saturated rings. The molecule has 0 aliphatic carbocycles. The molecule has 198 valence electrons. The lowest BCUT2D eigenvalue weighted by Crippen LogP contribution is -2.45. The van der Waals surface area contributed by atoms with E-state index in [1.807, 2.05) is 41.3 Å². The van der Waals surface area contributed by atoms with Crippen LogP contribution >= 0.6 is 0 Å². The fraction of sp³-hybridized carbons (Fsp3) is 0.242. The van der Waals surface area contributed by atoms with Gasteiger partial charge in [-0.1, -0.05) is 48.5 Å². The predicted molar refractivity (Wildman–Crippen MR) is 152 cm³/mol. The molecule has 1 amide bonds. The molecule has 0 saturated carbocycles. The average molecular weight is 521 g/mol. The van der Waals surface area contributed by atoms with Gasteiger partial charge in [0, 0.05) is 42.0 Å². The van der Waals surface area contributed by atoms with Crippen LogP contribution in [0.2, 0.25) is 0 Å². The van der Waals surface area contributed by atoms with Gasteiger partial charge in [-0.25, -0.2) is 0 Å². The van der Waals surface area contributed by atoms with Crippen LogP contribution in [0.15, 0.2) is 97.1 Å². The van der Waals surface area contributed by atoms with Crippen molar-refractivity contribution in [3.8, 4) is 17.2 Å². The van der Waals surface area contributed by atoms with E-state index in [1.54, 1.807) is 21.3 Å². The highest BCUT2D eigenvalue weighted by Gasteiger charge is 2.52. The lowest BCUT2D eigenvalue weighted by molar-refractivity contribution is -0.131. The van der Waals surface area contributed by atoms with Crippen LogP contribution in [0.5, 0.6) is 17.2 Å². The maximum Gasteiger partial charge on any atom is 0.229 e. The second-order valence-electron chi connectivity index (χ2n) is 10.0. The average Bonchev–Trinajstić information content (AvgIpc) is 3.31. The topological polar surface area (TPSA) is 51.2 Å². The van der Waals surface area contributed by atoms with Gasteiger partial charge in [-0.15, -0.1) is 0 Å². The van der Waals surface area contributed by atoms with E-state index in [0.29, 0.717) is 18.8 Å². The van der Waals surface area contributed by atoms with Gasteiger partial charge in [-0.05, 0) is 53.6 Å². The first-order valence-corrected chi connectivity index (χ1v) is 13.2. The normalized spacial score (nSPS) is 19.9. The minimum atomic E-state index is -0.252. The third kappa shape index (κ3) is 4.36. The third-order valence-electron chi connectivity index (χ3n) is 8.01. The fourth-order valence-corrected chi connectivity index (χ4v) is 6.20. The summed E-state index contributed by atoms with van der Waals surface area (Å²) in [5.41, 5.74) is 5.45. The number of benzene rings is 4. The Balaban J connectivity index is 1.46. The molecule has 0 unspecified atom stereocenters. The Morgan fingerprint density at radius 2 is 1.46 bits per heavy atom. The number of para-hydroxylation sites is 2. The summed E-state index contributed by atoms with van der Waals surface area (Å²) in [7, 11) is 4.96. The van der Waals surface area contributed by atoms with E-state index in [0.717, 1.165) is 39.6 Å². The van der Waals surface area contributed by atoms with Gasteiger partial charge in [0.05, 0.1) is 33.3 Å². The third-order valence-corrected chi connectivity index (χ3v) is 8.01. The molecule has 0 bridgehead atoms. The molecule has 3 atom stereocenters. The molecule has 2 heterocycles. The second kappa shape index (κ2) is 10.4. The number of fused-ring (bicyclic) bond motifs is 2. The van der Waals surface area contributed by atoms with Crippen LogP contribution in [0.3, 0.4) is 0 Å². The van der Waals surface area contributed by atoms with Gasteiger partial charge in [0.25, 0.3) is 0 Å². The van der Waals surface area contributed by atoms with Crippen LogP contribution in [0, 0.1) is 5.92 Å². The van der Waals surface area contributed by atoms with Crippen LogP contribution < -0.4 is 19.1 Å². The van der Waals surface area contributed by atoms with Crippen molar-refractivity contribution in [3.63, 3.8) is 0 Å². The molecule has 6 rings (SSSR count). The summed E-state index contributed by atoms with van der Waals surface area (Å²) in [6.07, 6.45) is 0. The fourth-order valence-electron chi connectivity index (χ4n) is 6.20. The number of amides is 1. The highest BCUT2D eigenvalue weighted by molar-refractivity contribution is 5.88. The molecular formula is C33H32N2O4. The van der Waals surface area contributed by atoms with Crippen LogP contribution in [0.1, 0.15) is 22.6 Å². The Morgan fingerprint density at radius 3 is 2.18 bits per heavy atom. The highest BCUT2D eigenvalue weighted by atomic mass is 16.5. The molecule has 1 saturated heterocycles. The number of carbonyl (C=O) groups is 1. The molecular weight excluding hydrogens is 488 g/mol. The van der Waals surface area contributed by atoms with Crippen molar-refractivity contribution in [3.05, 3.63) is 114 Å². The Kier molecular flexibility index (Phi) is 6.61. The summed E-state index contributed by atoms with van der Waals surface area (Å²) >= 11 is 0. The molecule has 2 aliphatic rings. The smallest absolute Gasteiger partial charge is 0.229 e. The molecule has 6 nitrogen and oxygen atoms in total. The maximum atomic E-state index is 14.4. The van der Waals surface area contributed by atoms with Crippen molar-refractivity contribution in [1.82, 2.24) is 4.90 Å². The van der Waals surface area contributed by atoms with Gasteiger partial charge in [-0.3, -0.25) is 4.79 Å². The highest BCUT2D eigenvalue weighted by Crippen LogP contribution is 2.51. The predicted octanol–water partition coefficient (Wildman–Crippen LogP) is 6.02. The van der Waals surface area contributed by atoms with E-state index >= 15 is 0 Å². The van der Waals surface area contributed by atoms with Gasteiger partial charge < -0.3 is 24.0 Å². The number of nitrogens with zero attached hydrogens (tertiary/aromatic N) is 2. The zero-order valence-corrected chi connectivity index (χ0v) is 22.4. The van der Waals surface area contributed by atoms with Gasteiger partial charge in [0.2, 0.25) is 5.91 Å². The summed E-state index contributed by atoms with van der Waals surface area (Å²) < 4.78 is 16.5. The number of ether oxygens (including phenoxy) is 3. The van der Waals surface area contributed by atoms with Gasteiger partial charge in [-0.2, -0.15) is 0 Å². The lowest BCUT2D eigenvalue weighted by atomic mass is 9.73. The van der Waals surface area contributed by atoms with E-state index in [1.165, 1.54) is 0 Å². The molecule has 4 aromatic rings. The van der Waals surface area contributed by atoms with E-state index in [2.05, 4.69) is 65.6 Å². The Hall–Kier alpha value is -4.45. The summed E-state index contributed by atoms with van der Waals surface area (Å²) in [6.45, 7) is 1.07. The molecule has 2 aliphatic heterocycles. The molecule has 39 heavy (non-hydrogen) atoms. The summed E-state index contributed by atoms with van der Waals surface area (Å²) in [5, 5.41) is 0. The standard InChI is InChI=1S/C33H32N2O4/c1-37-25-16-13-22(14-17-25)31-27-11-7-8-12-28(27)35(24-9-5-4-6-10-24)29-21-34(33(36)32(29)31)20-23-15-18-26(38-2)19-30(23)39-3/h4-19,29,31-32H,20-21H2,1-3H3/t29-,31-,32+/m1/s1. The Labute approximate surface area is 229 Å². The SMILES string of the molecule is COc1ccc([C@@H]2c3ccccc3N(c3ccccc3)[C@@H]3CN(Cc4ccc(OC)cc4OC)C(=O)[C@H]23)cc1.